The first-order chi connectivity index (χ1) is 15.2. The molecule has 1 atom stereocenters. The first kappa shape index (κ1) is 24.7. The van der Waals surface area contributed by atoms with E-state index in [4.69, 9.17) is 31.9 Å². The van der Waals surface area contributed by atoms with Gasteiger partial charge in [-0.25, -0.2) is 0 Å². The predicted molar refractivity (Wildman–Crippen MR) is 129 cm³/mol. The van der Waals surface area contributed by atoms with Gasteiger partial charge in [0.25, 0.3) is 0 Å². The number of benzene rings is 2. The van der Waals surface area contributed by atoms with Gasteiger partial charge in [0.05, 0.1) is 17.0 Å². The second-order valence-electron chi connectivity index (χ2n) is 7.49. The third-order valence-corrected chi connectivity index (χ3v) is 6.77. The van der Waals surface area contributed by atoms with Crippen LogP contribution in [-0.4, -0.2) is 27.0 Å². The SMILES string of the molecule is NC(C=CP(=O)(O)O)(CO)CCc1ccc(-c2sccc2OCc2ccccc2)cc1Cl. The van der Waals surface area contributed by atoms with Crippen molar-refractivity contribution in [2.24, 2.45) is 5.73 Å². The Balaban J connectivity index is 1.70. The van der Waals surface area contributed by atoms with Gasteiger partial charge in [-0.15, -0.1) is 11.3 Å². The van der Waals surface area contributed by atoms with Crippen LogP contribution in [0.2, 0.25) is 5.02 Å². The van der Waals surface area contributed by atoms with Crippen LogP contribution in [0.25, 0.3) is 10.4 Å². The normalized spacial score (nSPS) is 13.9. The summed E-state index contributed by atoms with van der Waals surface area (Å²) in [5, 5.41) is 12.1. The molecule has 170 valence electrons. The molecule has 6 nitrogen and oxygen atoms in total. The van der Waals surface area contributed by atoms with Crippen LogP contribution >= 0.6 is 30.5 Å². The number of halogens is 1. The molecular weight excluding hydrogens is 469 g/mol. The molecule has 2 aromatic carbocycles. The number of nitrogens with two attached hydrogens (primary N) is 1. The van der Waals surface area contributed by atoms with Gasteiger partial charge in [-0.1, -0.05) is 60.1 Å². The van der Waals surface area contributed by atoms with Crippen molar-refractivity contribution >= 4 is 30.5 Å². The smallest absolute Gasteiger partial charge is 0.348 e. The Morgan fingerprint density at radius 1 is 1.16 bits per heavy atom. The van der Waals surface area contributed by atoms with Gasteiger partial charge in [0, 0.05) is 10.8 Å². The van der Waals surface area contributed by atoms with Gasteiger partial charge in [-0.05, 0) is 47.0 Å². The fourth-order valence-corrected chi connectivity index (χ4v) is 4.68. The summed E-state index contributed by atoms with van der Waals surface area (Å²) in [5.41, 5.74) is 7.66. The summed E-state index contributed by atoms with van der Waals surface area (Å²) in [6.07, 6.45) is 1.87. The van der Waals surface area contributed by atoms with Gasteiger partial charge >= 0.3 is 7.60 Å². The minimum Gasteiger partial charge on any atom is -0.487 e. The lowest BCUT2D eigenvalue weighted by Crippen LogP contribution is -2.42. The van der Waals surface area contributed by atoms with Crippen LogP contribution in [0.4, 0.5) is 0 Å². The van der Waals surface area contributed by atoms with E-state index in [2.05, 4.69) is 0 Å². The standard InChI is InChI=1S/C23H25ClNO5PS/c24-20-14-19(22-21(9-13-32-22)30-15-17-4-2-1-3-5-17)7-6-18(20)8-10-23(25,16-26)11-12-31(27,28)29/h1-7,9,11-14,26H,8,10,15-16,25H2,(H2,27,28,29). The van der Waals surface area contributed by atoms with E-state index in [0.717, 1.165) is 39.2 Å². The van der Waals surface area contributed by atoms with Crippen molar-refractivity contribution in [2.75, 3.05) is 6.61 Å². The molecule has 0 saturated carbocycles. The maximum absolute atomic E-state index is 11.1. The highest BCUT2D eigenvalue weighted by atomic mass is 35.5. The molecular formula is C23H25ClNO5PS. The van der Waals surface area contributed by atoms with Crippen molar-refractivity contribution in [3.05, 3.63) is 88.0 Å². The van der Waals surface area contributed by atoms with Crippen LogP contribution in [0.1, 0.15) is 17.5 Å². The number of aliphatic hydroxyl groups excluding tert-OH is 1. The highest BCUT2D eigenvalue weighted by Crippen LogP contribution is 2.39. The second-order valence-corrected chi connectivity index (χ2v) is 10.3. The average molecular weight is 494 g/mol. The summed E-state index contributed by atoms with van der Waals surface area (Å²) >= 11 is 8.07. The van der Waals surface area contributed by atoms with Crippen molar-refractivity contribution in [2.45, 2.75) is 25.0 Å². The molecule has 1 heterocycles. The van der Waals surface area contributed by atoms with Crippen LogP contribution in [-0.2, 0) is 17.6 Å². The molecule has 0 aliphatic rings. The van der Waals surface area contributed by atoms with Crippen molar-refractivity contribution in [1.82, 2.24) is 0 Å². The third-order valence-electron chi connectivity index (χ3n) is 4.94. The minimum absolute atomic E-state index is 0.267. The Morgan fingerprint density at radius 3 is 2.56 bits per heavy atom. The number of aryl methyl sites for hydroxylation is 1. The molecule has 1 aromatic heterocycles. The van der Waals surface area contributed by atoms with Gasteiger partial charge in [0.15, 0.2) is 0 Å². The Hall–Kier alpha value is -1.96. The molecule has 0 spiro atoms. The lowest BCUT2D eigenvalue weighted by Gasteiger charge is -2.23. The van der Waals surface area contributed by atoms with Crippen LogP contribution in [0, 0.1) is 0 Å². The number of rotatable bonds is 10. The van der Waals surface area contributed by atoms with Gasteiger partial charge in [-0.2, -0.15) is 0 Å². The predicted octanol–water partition coefficient (Wildman–Crippen LogP) is 4.96. The lowest BCUT2D eigenvalue weighted by atomic mass is 9.93. The number of hydrogen-bond donors (Lipinski definition) is 4. The molecule has 32 heavy (non-hydrogen) atoms. The molecule has 3 aromatic rings. The summed E-state index contributed by atoms with van der Waals surface area (Å²) in [4.78, 5) is 19.0. The van der Waals surface area contributed by atoms with Crippen molar-refractivity contribution in [1.29, 1.82) is 0 Å². The third kappa shape index (κ3) is 7.02. The monoisotopic (exact) mass is 493 g/mol. The maximum atomic E-state index is 11.1. The van der Waals surface area contributed by atoms with Gasteiger partial charge in [-0.3, -0.25) is 4.57 Å². The largest absolute Gasteiger partial charge is 0.487 e. The number of ether oxygens (including phenoxy) is 1. The molecule has 0 radical (unpaired) electrons. The minimum atomic E-state index is -4.35. The molecule has 0 aliphatic heterocycles. The van der Waals surface area contributed by atoms with Crippen molar-refractivity contribution in [3.63, 3.8) is 0 Å². The second kappa shape index (κ2) is 10.8. The number of thiophene rings is 1. The fraction of sp³-hybridized carbons (Fsp3) is 0.217. The number of aliphatic hydroxyl groups is 1. The van der Waals surface area contributed by atoms with E-state index >= 15 is 0 Å². The van der Waals surface area contributed by atoms with Gasteiger partial charge in [0.1, 0.15) is 12.4 Å². The van der Waals surface area contributed by atoms with E-state index in [1.54, 1.807) is 11.3 Å². The van der Waals surface area contributed by atoms with E-state index in [1.807, 2.05) is 60.0 Å². The van der Waals surface area contributed by atoms with E-state index in [9.17, 15) is 9.67 Å². The Bertz CT molecular complexity index is 1110. The summed E-state index contributed by atoms with van der Waals surface area (Å²) in [6.45, 7) is 0.0226. The molecule has 0 bridgehead atoms. The van der Waals surface area contributed by atoms with E-state index < -0.39 is 19.7 Å². The zero-order valence-corrected chi connectivity index (χ0v) is 19.7. The first-order valence-corrected chi connectivity index (χ1v) is 12.8. The summed E-state index contributed by atoms with van der Waals surface area (Å²) < 4.78 is 17.1. The Kier molecular flexibility index (Phi) is 8.31. The molecule has 0 aliphatic carbocycles. The molecule has 0 amide bonds. The van der Waals surface area contributed by atoms with Crippen LogP contribution in [0.3, 0.4) is 0 Å². The van der Waals surface area contributed by atoms with Crippen molar-refractivity contribution in [3.8, 4) is 16.2 Å². The molecule has 0 fully saturated rings. The molecule has 9 heteroatoms. The van der Waals surface area contributed by atoms with Gasteiger partial charge < -0.3 is 25.4 Å². The fourth-order valence-electron chi connectivity index (χ4n) is 3.08. The number of hydrogen-bond acceptors (Lipinski definition) is 5. The van der Waals surface area contributed by atoms with Crippen LogP contribution in [0.5, 0.6) is 5.75 Å². The van der Waals surface area contributed by atoms with Crippen LogP contribution in [0.15, 0.2) is 71.9 Å². The van der Waals surface area contributed by atoms with E-state index in [-0.39, 0.29) is 6.42 Å². The summed E-state index contributed by atoms with van der Waals surface area (Å²) in [7, 11) is -4.35. The van der Waals surface area contributed by atoms with Crippen molar-refractivity contribution < 1.29 is 24.2 Å². The molecule has 1 unspecified atom stereocenters. The Labute approximate surface area is 196 Å². The van der Waals surface area contributed by atoms with E-state index in [1.165, 1.54) is 0 Å². The van der Waals surface area contributed by atoms with Crippen LogP contribution < -0.4 is 10.5 Å². The summed E-state index contributed by atoms with van der Waals surface area (Å²) in [6, 6.07) is 17.6. The summed E-state index contributed by atoms with van der Waals surface area (Å²) in [5.74, 6) is 1.51. The molecule has 5 N–H and O–H groups in total. The zero-order valence-electron chi connectivity index (χ0n) is 17.2. The topological polar surface area (TPSA) is 113 Å². The molecule has 3 rings (SSSR count). The highest BCUT2D eigenvalue weighted by molar-refractivity contribution is 7.55. The maximum Gasteiger partial charge on any atom is 0.348 e. The lowest BCUT2D eigenvalue weighted by molar-refractivity contribution is 0.219. The highest BCUT2D eigenvalue weighted by Gasteiger charge is 2.23. The Morgan fingerprint density at radius 2 is 1.91 bits per heavy atom. The quantitative estimate of drug-likeness (QED) is 0.297. The molecule has 0 saturated heterocycles. The van der Waals surface area contributed by atoms with Gasteiger partial charge in [0.2, 0.25) is 0 Å². The average Bonchev–Trinajstić information content (AvgIpc) is 3.24. The first-order valence-electron chi connectivity index (χ1n) is 9.87. The zero-order chi connectivity index (χ0) is 23.2. The van der Waals surface area contributed by atoms with E-state index in [0.29, 0.717) is 18.1 Å².